The predicted octanol–water partition coefficient (Wildman–Crippen LogP) is 3.86. The van der Waals surface area contributed by atoms with Crippen molar-refractivity contribution >= 4 is 28.8 Å². The molecule has 0 atom stereocenters. The molecule has 106 valence electrons. The Morgan fingerprint density at radius 3 is 2.81 bits per heavy atom. The summed E-state index contributed by atoms with van der Waals surface area (Å²) in [4.78, 5) is 16.9. The van der Waals surface area contributed by atoms with Crippen molar-refractivity contribution < 1.29 is 4.79 Å². The molecule has 0 aliphatic heterocycles. The molecule has 3 aromatic rings. The highest BCUT2D eigenvalue weighted by Crippen LogP contribution is 2.21. The quantitative estimate of drug-likeness (QED) is 0.781. The number of fused-ring (bicyclic) bond motifs is 1. The Bertz CT molecular complexity index is 839. The zero-order chi connectivity index (χ0) is 15.0. The van der Waals surface area contributed by atoms with Crippen molar-refractivity contribution in [3.05, 3.63) is 64.6 Å². The molecule has 0 aliphatic rings. The van der Waals surface area contributed by atoms with Gasteiger partial charge in [0.1, 0.15) is 11.3 Å². The van der Waals surface area contributed by atoms with Gasteiger partial charge in [-0.3, -0.25) is 9.20 Å². The highest BCUT2D eigenvalue weighted by atomic mass is 35.5. The number of hydrogen-bond acceptors (Lipinski definition) is 2. The molecule has 4 nitrogen and oxygen atoms in total. The minimum Gasteiger partial charge on any atom is -0.321 e. The fourth-order valence-corrected chi connectivity index (χ4v) is 2.43. The van der Waals surface area contributed by atoms with E-state index in [4.69, 9.17) is 11.6 Å². The number of aryl methyl sites for hydroxylation is 2. The number of carbonyl (C=O) groups excluding carboxylic acids is 1. The first kappa shape index (κ1) is 13.6. The van der Waals surface area contributed by atoms with Crippen molar-refractivity contribution in [1.29, 1.82) is 0 Å². The fourth-order valence-electron chi connectivity index (χ4n) is 2.25. The number of carbonyl (C=O) groups is 1. The molecule has 0 aliphatic carbocycles. The average Bonchev–Trinajstić information content (AvgIpc) is 2.78. The topological polar surface area (TPSA) is 46.4 Å². The minimum atomic E-state index is -0.203. The van der Waals surface area contributed by atoms with Gasteiger partial charge < -0.3 is 5.32 Å². The van der Waals surface area contributed by atoms with Crippen LogP contribution in [-0.4, -0.2) is 15.3 Å². The number of anilines is 1. The molecule has 1 amide bonds. The largest absolute Gasteiger partial charge is 0.321 e. The zero-order valence-electron chi connectivity index (χ0n) is 11.7. The summed E-state index contributed by atoms with van der Waals surface area (Å²) in [5, 5.41) is 3.49. The lowest BCUT2D eigenvalue weighted by Crippen LogP contribution is -2.15. The number of hydrogen-bond donors (Lipinski definition) is 1. The number of imidazole rings is 1. The Labute approximate surface area is 127 Å². The summed E-state index contributed by atoms with van der Waals surface area (Å²) in [6.45, 7) is 3.74. The number of aromatic nitrogens is 2. The Morgan fingerprint density at radius 2 is 2.05 bits per heavy atom. The molecule has 0 saturated heterocycles. The molecule has 1 N–H and O–H groups in total. The highest BCUT2D eigenvalue weighted by Gasteiger charge is 2.16. The maximum atomic E-state index is 12.5. The summed E-state index contributed by atoms with van der Waals surface area (Å²) in [5.74, 6) is -0.203. The van der Waals surface area contributed by atoms with Gasteiger partial charge in [0.05, 0.1) is 5.69 Å². The normalized spacial score (nSPS) is 10.8. The second kappa shape index (κ2) is 5.22. The molecule has 0 saturated carbocycles. The smallest absolute Gasteiger partial charge is 0.274 e. The number of amides is 1. The second-order valence-corrected chi connectivity index (χ2v) is 5.30. The summed E-state index contributed by atoms with van der Waals surface area (Å²) in [6, 6.07) is 11.1. The van der Waals surface area contributed by atoms with E-state index in [0.29, 0.717) is 22.1 Å². The fraction of sp³-hybridized carbons (Fsp3) is 0.125. The van der Waals surface area contributed by atoms with Crippen molar-refractivity contribution in [2.45, 2.75) is 13.8 Å². The predicted molar refractivity (Wildman–Crippen MR) is 84.1 cm³/mol. The van der Waals surface area contributed by atoms with E-state index in [9.17, 15) is 4.79 Å². The molecular formula is C16H14ClN3O. The molecule has 0 spiro atoms. The van der Waals surface area contributed by atoms with Crippen LogP contribution in [0.4, 0.5) is 5.69 Å². The molecular weight excluding hydrogens is 286 g/mol. The van der Waals surface area contributed by atoms with Gasteiger partial charge in [0.2, 0.25) is 0 Å². The van der Waals surface area contributed by atoms with Crippen LogP contribution in [0.25, 0.3) is 5.65 Å². The molecule has 2 aromatic heterocycles. The van der Waals surface area contributed by atoms with Crippen molar-refractivity contribution in [2.75, 3.05) is 5.32 Å². The van der Waals surface area contributed by atoms with Crippen LogP contribution < -0.4 is 5.32 Å². The molecule has 2 heterocycles. The third-order valence-corrected chi connectivity index (χ3v) is 3.76. The zero-order valence-corrected chi connectivity index (χ0v) is 12.5. The Balaban J connectivity index is 1.97. The first-order chi connectivity index (χ1) is 10.1. The number of nitrogens with zero attached hydrogens (tertiary/aromatic N) is 2. The van der Waals surface area contributed by atoms with E-state index in [2.05, 4.69) is 10.3 Å². The van der Waals surface area contributed by atoms with Crippen molar-refractivity contribution in [3.63, 3.8) is 0 Å². The molecule has 0 unspecified atom stereocenters. The van der Waals surface area contributed by atoms with E-state index in [1.165, 1.54) is 0 Å². The van der Waals surface area contributed by atoms with E-state index >= 15 is 0 Å². The van der Waals surface area contributed by atoms with E-state index in [1.807, 2.05) is 50.4 Å². The Morgan fingerprint density at radius 1 is 1.24 bits per heavy atom. The lowest BCUT2D eigenvalue weighted by Gasteiger charge is -2.07. The van der Waals surface area contributed by atoms with Crippen molar-refractivity contribution in [2.24, 2.45) is 0 Å². The van der Waals surface area contributed by atoms with Crippen LogP contribution in [-0.2, 0) is 0 Å². The number of nitrogens with one attached hydrogen (secondary N) is 1. The summed E-state index contributed by atoms with van der Waals surface area (Å²) < 4.78 is 1.78. The van der Waals surface area contributed by atoms with Gasteiger partial charge in [-0.2, -0.15) is 0 Å². The second-order valence-electron chi connectivity index (χ2n) is 4.89. The highest BCUT2D eigenvalue weighted by molar-refractivity contribution is 6.31. The van der Waals surface area contributed by atoms with Gasteiger partial charge in [-0.15, -0.1) is 0 Å². The van der Waals surface area contributed by atoms with Gasteiger partial charge in [-0.25, -0.2) is 4.98 Å². The maximum absolute atomic E-state index is 12.5. The van der Waals surface area contributed by atoms with E-state index in [0.717, 1.165) is 11.2 Å². The van der Waals surface area contributed by atoms with E-state index in [1.54, 1.807) is 10.5 Å². The molecule has 0 radical (unpaired) electrons. The van der Waals surface area contributed by atoms with Crippen LogP contribution in [0.15, 0.2) is 42.6 Å². The number of pyridine rings is 1. The SMILES string of the molecule is Cc1ccc(NC(=O)c2c(C)nc3ccccn23)cc1Cl. The van der Waals surface area contributed by atoms with Crippen LogP contribution >= 0.6 is 11.6 Å². The van der Waals surface area contributed by atoms with Crippen LogP contribution in [0.2, 0.25) is 5.02 Å². The van der Waals surface area contributed by atoms with Crippen molar-refractivity contribution in [1.82, 2.24) is 9.38 Å². The average molecular weight is 300 g/mol. The van der Waals surface area contributed by atoms with Gasteiger partial charge in [-0.1, -0.05) is 23.7 Å². The van der Waals surface area contributed by atoms with Crippen LogP contribution in [0.1, 0.15) is 21.7 Å². The van der Waals surface area contributed by atoms with Crippen LogP contribution in [0.3, 0.4) is 0 Å². The third kappa shape index (κ3) is 2.50. The standard InChI is InChI=1S/C16H14ClN3O/c1-10-6-7-12(9-13(10)17)19-16(21)15-11(2)18-14-5-3-4-8-20(14)15/h3-9H,1-2H3,(H,19,21). The van der Waals surface area contributed by atoms with Gasteiger partial charge >= 0.3 is 0 Å². The van der Waals surface area contributed by atoms with Crippen LogP contribution in [0.5, 0.6) is 0 Å². The molecule has 5 heteroatoms. The van der Waals surface area contributed by atoms with Gasteiger partial charge in [0.15, 0.2) is 0 Å². The summed E-state index contributed by atoms with van der Waals surface area (Å²) in [7, 11) is 0. The monoisotopic (exact) mass is 299 g/mol. The lowest BCUT2D eigenvalue weighted by molar-refractivity contribution is 0.102. The minimum absolute atomic E-state index is 0.203. The number of benzene rings is 1. The first-order valence-corrected chi connectivity index (χ1v) is 6.95. The Kier molecular flexibility index (Phi) is 3.39. The summed E-state index contributed by atoms with van der Waals surface area (Å²) >= 11 is 6.08. The number of halogens is 1. The summed E-state index contributed by atoms with van der Waals surface area (Å²) in [5.41, 5.74) is 3.61. The maximum Gasteiger partial charge on any atom is 0.274 e. The third-order valence-electron chi connectivity index (χ3n) is 3.35. The van der Waals surface area contributed by atoms with Gasteiger partial charge in [-0.05, 0) is 43.7 Å². The molecule has 21 heavy (non-hydrogen) atoms. The lowest BCUT2D eigenvalue weighted by atomic mass is 10.2. The Hall–Kier alpha value is -2.33. The van der Waals surface area contributed by atoms with Gasteiger partial charge in [0.25, 0.3) is 5.91 Å². The van der Waals surface area contributed by atoms with Crippen molar-refractivity contribution in [3.8, 4) is 0 Å². The van der Waals surface area contributed by atoms with Gasteiger partial charge in [0, 0.05) is 16.9 Å². The van der Waals surface area contributed by atoms with E-state index in [-0.39, 0.29) is 5.91 Å². The molecule has 3 rings (SSSR count). The van der Waals surface area contributed by atoms with Crippen LogP contribution in [0, 0.1) is 13.8 Å². The first-order valence-electron chi connectivity index (χ1n) is 6.57. The molecule has 0 bridgehead atoms. The molecule has 1 aromatic carbocycles. The van der Waals surface area contributed by atoms with E-state index < -0.39 is 0 Å². The molecule has 0 fully saturated rings. The summed E-state index contributed by atoms with van der Waals surface area (Å²) in [6.07, 6.45) is 1.83. The number of rotatable bonds is 2.